The van der Waals surface area contributed by atoms with E-state index in [1.807, 2.05) is 8.79 Å². The molecule has 0 aliphatic rings. The zero-order valence-corrected chi connectivity index (χ0v) is 27.0. The summed E-state index contributed by atoms with van der Waals surface area (Å²) in [7, 11) is -1.36. The average Bonchev–Trinajstić information content (AvgIpc) is 2.74. The van der Waals surface area contributed by atoms with Crippen LogP contribution in [0.5, 0.6) is 0 Å². The van der Waals surface area contributed by atoms with E-state index in [4.69, 9.17) is 0 Å². The summed E-state index contributed by atoms with van der Waals surface area (Å²) in [6.07, 6.45) is 25.1. The van der Waals surface area contributed by atoms with Crippen molar-refractivity contribution in [1.29, 1.82) is 0 Å². The SMILES string of the molecule is CCCC/C=[C](/C(=C/CCCCCC)[Si](C)(C)C)[Sn]([CH2]CCC)([CH2]CCC)[CH2]CCC. The predicted molar refractivity (Wildman–Crippen MR) is 153 cm³/mol. The third-order valence-corrected chi connectivity index (χ3v) is 25.6. The summed E-state index contributed by atoms with van der Waals surface area (Å²) in [6.45, 7) is 19.8. The van der Waals surface area contributed by atoms with Gasteiger partial charge in [-0.15, -0.1) is 0 Å². The van der Waals surface area contributed by atoms with E-state index in [0.29, 0.717) is 0 Å². The molecule has 0 aromatic carbocycles. The molecule has 31 heavy (non-hydrogen) atoms. The summed E-state index contributed by atoms with van der Waals surface area (Å²) in [4.78, 5) is 0. The molecule has 0 aliphatic carbocycles. The normalized spacial score (nSPS) is 13.8. The van der Waals surface area contributed by atoms with Crippen LogP contribution in [0.15, 0.2) is 20.9 Å². The van der Waals surface area contributed by atoms with Gasteiger partial charge in [0.2, 0.25) is 0 Å². The molecule has 0 unspecified atom stereocenters. The molecule has 0 saturated heterocycles. The van der Waals surface area contributed by atoms with Gasteiger partial charge in [-0.3, -0.25) is 0 Å². The van der Waals surface area contributed by atoms with Crippen LogP contribution in [0.2, 0.25) is 33.0 Å². The van der Waals surface area contributed by atoms with Crippen LogP contribution in [0, 0.1) is 0 Å². The van der Waals surface area contributed by atoms with Crippen LogP contribution in [0.4, 0.5) is 0 Å². The van der Waals surface area contributed by atoms with Crippen molar-refractivity contribution in [3.8, 4) is 0 Å². The molecule has 0 fully saturated rings. The van der Waals surface area contributed by atoms with Gasteiger partial charge in [0, 0.05) is 0 Å². The fraction of sp³-hybridized carbons (Fsp3) is 0.862. The van der Waals surface area contributed by atoms with Crippen molar-refractivity contribution in [2.24, 2.45) is 0 Å². The fourth-order valence-corrected chi connectivity index (χ4v) is 28.5. The Kier molecular flexibility index (Phi) is 19.2. The molecule has 0 N–H and O–H groups in total. The van der Waals surface area contributed by atoms with Gasteiger partial charge in [-0.25, -0.2) is 0 Å². The Labute approximate surface area is 204 Å². The average molecular weight is 556 g/mol. The molecule has 0 spiro atoms. The first-order valence-corrected chi connectivity index (χ1v) is 25.2. The Hall–Kier alpha value is 0.496. The van der Waals surface area contributed by atoms with Crippen molar-refractivity contribution >= 4 is 26.5 Å². The molecule has 184 valence electrons. The molecular weight excluding hydrogens is 495 g/mol. The van der Waals surface area contributed by atoms with Gasteiger partial charge in [-0.1, -0.05) is 0 Å². The summed E-state index contributed by atoms with van der Waals surface area (Å²) in [6, 6.07) is 0. The van der Waals surface area contributed by atoms with Crippen molar-refractivity contribution in [2.45, 2.75) is 157 Å². The molecule has 0 rings (SSSR count). The minimum absolute atomic E-state index is 1.32. The van der Waals surface area contributed by atoms with E-state index >= 15 is 0 Å². The van der Waals surface area contributed by atoms with Crippen molar-refractivity contribution in [2.75, 3.05) is 0 Å². The van der Waals surface area contributed by atoms with Crippen molar-refractivity contribution in [3.05, 3.63) is 20.9 Å². The van der Waals surface area contributed by atoms with E-state index in [1.54, 1.807) is 13.3 Å². The van der Waals surface area contributed by atoms with Gasteiger partial charge in [0.15, 0.2) is 0 Å². The Morgan fingerprint density at radius 1 is 0.548 bits per heavy atom. The maximum atomic E-state index is 2.84. The first-order valence-electron chi connectivity index (χ1n) is 14.2. The third-order valence-electron chi connectivity index (χ3n) is 7.01. The Bertz CT molecular complexity index is 462. The van der Waals surface area contributed by atoms with Gasteiger partial charge in [-0.05, 0) is 0 Å². The van der Waals surface area contributed by atoms with Crippen LogP contribution in [-0.4, -0.2) is 26.5 Å². The summed E-state index contributed by atoms with van der Waals surface area (Å²) in [5, 5.41) is 1.92. The molecule has 0 bridgehead atoms. The number of hydrogen-bond acceptors (Lipinski definition) is 0. The van der Waals surface area contributed by atoms with E-state index in [2.05, 4.69) is 66.4 Å². The molecule has 0 aromatic rings. The van der Waals surface area contributed by atoms with Crippen LogP contribution < -0.4 is 0 Å². The van der Waals surface area contributed by atoms with Crippen LogP contribution in [0.25, 0.3) is 0 Å². The van der Waals surface area contributed by atoms with Gasteiger partial charge >= 0.3 is 205 Å². The van der Waals surface area contributed by atoms with Gasteiger partial charge in [-0.2, -0.15) is 0 Å². The molecule has 0 aromatic heterocycles. The first-order chi connectivity index (χ1) is 14.8. The van der Waals surface area contributed by atoms with Gasteiger partial charge < -0.3 is 0 Å². The van der Waals surface area contributed by atoms with E-state index in [0.717, 1.165) is 0 Å². The fourth-order valence-electron chi connectivity index (χ4n) is 5.02. The molecule has 0 heterocycles. The summed E-state index contributed by atoms with van der Waals surface area (Å²) in [5.74, 6) is 0. The number of rotatable bonds is 20. The third kappa shape index (κ3) is 13.1. The maximum absolute atomic E-state index is 2.84. The number of hydrogen-bond donors (Lipinski definition) is 0. The van der Waals surface area contributed by atoms with Gasteiger partial charge in [0.1, 0.15) is 0 Å². The van der Waals surface area contributed by atoms with Crippen molar-refractivity contribution in [3.63, 3.8) is 0 Å². The molecule has 0 nitrogen and oxygen atoms in total. The summed E-state index contributed by atoms with van der Waals surface area (Å²) < 4.78 is 6.87. The second kappa shape index (κ2) is 18.9. The van der Waals surface area contributed by atoms with Gasteiger partial charge in [0.25, 0.3) is 0 Å². The standard InChI is InChI=1S/C17H33Si.3C4H9.Sn/c1-6-8-10-12-14-16-17(18(3,4)5)15-13-11-9-7-2;3*1-3-4-2;/h13,16H,6-12,14H2,1-5H3;3*1,3-4H2,2H3;/b15-13?,17-16-;;;;. The minimum atomic E-state index is -2.42. The molecule has 0 amide bonds. The Balaban J connectivity index is 6.32. The Morgan fingerprint density at radius 2 is 1.00 bits per heavy atom. The van der Waals surface area contributed by atoms with Crippen LogP contribution in [0.1, 0.15) is 125 Å². The van der Waals surface area contributed by atoms with Crippen molar-refractivity contribution in [1.82, 2.24) is 0 Å². The predicted octanol–water partition coefficient (Wildman–Crippen LogP) is 11.3. The van der Waals surface area contributed by atoms with Crippen LogP contribution in [0.3, 0.4) is 0 Å². The molecule has 0 radical (unpaired) electrons. The number of allylic oxidation sites excluding steroid dienone is 4. The van der Waals surface area contributed by atoms with Gasteiger partial charge in [0.05, 0.1) is 0 Å². The van der Waals surface area contributed by atoms with E-state index in [9.17, 15) is 0 Å². The molecule has 0 saturated carbocycles. The topological polar surface area (TPSA) is 0 Å². The summed E-state index contributed by atoms with van der Waals surface area (Å²) in [5.41, 5.74) is 0. The molecule has 0 atom stereocenters. The van der Waals surface area contributed by atoms with E-state index < -0.39 is 26.5 Å². The van der Waals surface area contributed by atoms with E-state index in [1.165, 1.54) is 89.9 Å². The zero-order chi connectivity index (χ0) is 23.6. The monoisotopic (exact) mass is 556 g/mol. The zero-order valence-electron chi connectivity index (χ0n) is 23.2. The second-order valence-electron chi connectivity index (χ2n) is 11.1. The first kappa shape index (κ1) is 31.5. The molecule has 2 heteroatoms. The van der Waals surface area contributed by atoms with E-state index in [-0.39, 0.29) is 0 Å². The quantitative estimate of drug-likeness (QED) is 0.0796. The van der Waals surface area contributed by atoms with Crippen LogP contribution >= 0.6 is 0 Å². The summed E-state index contributed by atoms with van der Waals surface area (Å²) >= 11 is -2.42. The second-order valence-corrected chi connectivity index (χ2v) is 29.2. The number of unbranched alkanes of at least 4 members (excludes halogenated alkanes) is 9. The van der Waals surface area contributed by atoms with Crippen LogP contribution in [-0.2, 0) is 0 Å². The molecular formula is C29H60SiSn. The molecule has 0 aliphatic heterocycles. The Morgan fingerprint density at radius 3 is 1.42 bits per heavy atom. The van der Waals surface area contributed by atoms with Crippen molar-refractivity contribution < 1.29 is 0 Å².